The summed E-state index contributed by atoms with van der Waals surface area (Å²) in [7, 11) is 1.71. The van der Waals surface area contributed by atoms with Gasteiger partial charge in [-0.1, -0.05) is 18.2 Å². The van der Waals surface area contributed by atoms with Crippen molar-refractivity contribution >= 4 is 0 Å². The lowest BCUT2D eigenvalue weighted by atomic mass is 9.99. The molecule has 0 radical (unpaired) electrons. The maximum Gasteiger partial charge on any atom is 0.345 e. The normalized spacial score (nSPS) is 24.3. The molecule has 29 heavy (non-hydrogen) atoms. The van der Waals surface area contributed by atoms with Crippen LogP contribution in [0.15, 0.2) is 29.1 Å². The molecule has 6 nitrogen and oxygen atoms in total. The minimum atomic E-state index is -0.187. The van der Waals surface area contributed by atoms with Crippen molar-refractivity contribution in [2.75, 3.05) is 6.54 Å². The van der Waals surface area contributed by atoms with Gasteiger partial charge in [-0.05, 0) is 51.6 Å². The number of aryl methyl sites for hydroxylation is 2. The predicted octanol–water partition coefficient (Wildman–Crippen LogP) is 2.89. The van der Waals surface area contributed by atoms with Crippen molar-refractivity contribution in [2.45, 2.75) is 76.8 Å². The van der Waals surface area contributed by atoms with Gasteiger partial charge in [0, 0.05) is 37.7 Å². The first-order chi connectivity index (χ1) is 14.1. The maximum absolute atomic E-state index is 13.8. The second-order valence-electron chi connectivity index (χ2n) is 8.29. The lowest BCUT2D eigenvalue weighted by molar-refractivity contribution is -0.0291. The number of nitrogens with zero attached hydrogens (tertiary/aromatic N) is 4. The maximum atomic E-state index is 13.8. The van der Waals surface area contributed by atoms with E-state index in [-0.39, 0.29) is 17.6 Å². The molecular weight excluding hydrogens is 371 g/mol. The van der Waals surface area contributed by atoms with E-state index in [1.54, 1.807) is 23.7 Å². The second kappa shape index (κ2) is 8.79. The highest BCUT2D eigenvalue weighted by atomic mass is 19.1. The topological polar surface area (TPSA) is 52.3 Å². The van der Waals surface area contributed by atoms with Crippen molar-refractivity contribution in [1.82, 2.24) is 19.2 Å². The monoisotopic (exact) mass is 402 g/mol. The highest BCUT2D eigenvalue weighted by molar-refractivity contribution is 5.16. The fraction of sp³-hybridized carbons (Fsp3) is 0.636. The van der Waals surface area contributed by atoms with Gasteiger partial charge in [-0.25, -0.2) is 13.9 Å². The molecule has 2 aliphatic rings. The van der Waals surface area contributed by atoms with Crippen LogP contribution in [0.25, 0.3) is 0 Å². The molecule has 0 spiro atoms. The summed E-state index contributed by atoms with van der Waals surface area (Å²) >= 11 is 0. The molecule has 3 heterocycles. The molecule has 2 saturated heterocycles. The Morgan fingerprint density at radius 1 is 1.21 bits per heavy atom. The van der Waals surface area contributed by atoms with Crippen LogP contribution >= 0.6 is 0 Å². The molecule has 1 aromatic carbocycles. The van der Waals surface area contributed by atoms with Crippen molar-refractivity contribution in [1.29, 1.82) is 0 Å². The summed E-state index contributed by atoms with van der Waals surface area (Å²) in [5, 5.41) is 4.39. The molecule has 2 aliphatic heterocycles. The van der Waals surface area contributed by atoms with Gasteiger partial charge in [0.2, 0.25) is 0 Å². The number of ether oxygens (including phenoxy) is 1. The summed E-state index contributed by atoms with van der Waals surface area (Å²) < 4.78 is 23.1. The molecule has 0 amide bonds. The van der Waals surface area contributed by atoms with E-state index < -0.39 is 0 Å². The van der Waals surface area contributed by atoms with Gasteiger partial charge in [-0.15, -0.1) is 0 Å². The molecule has 4 rings (SSSR count). The van der Waals surface area contributed by atoms with E-state index in [1.807, 2.05) is 13.0 Å². The van der Waals surface area contributed by atoms with E-state index in [4.69, 9.17) is 4.74 Å². The Kier molecular flexibility index (Phi) is 6.15. The molecule has 2 bridgehead atoms. The van der Waals surface area contributed by atoms with E-state index in [9.17, 15) is 9.18 Å². The third-order valence-electron chi connectivity index (χ3n) is 6.49. The summed E-state index contributed by atoms with van der Waals surface area (Å²) in [6.07, 6.45) is 6.52. The van der Waals surface area contributed by atoms with Crippen LogP contribution in [0.1, 0.15) is 50.4 Å². The summed E-state index contributed by atoms with van der Waals surface area (Å²) in [6, 6.07) is 7.96. The van der Waals surface area contributed by atoms with Crippen LogP contribution in [-0.2, 0) is 31.4 Å². The molecule has 2 atom stereocenters. The third kappa shape index (κ3) is 4.31. The lowest BCUT2D eigenvalue weighted by Gasteiger charge is -2.38. The third-order valence-corrected chi connectivity index (χ3v) is 6.49. The Balaban J connectivity index is 1.28. The SMILES string of the molecule is CCn1c(CCCN2C3CCC2CC(OCc2ccccc2F)C3)nn(C)c1=O. The predicted molar refractivity (Wildman–Crippen MR) is 109 cm³/mol. The standard InChI is InChI=1S/C22H31FN4O2/c1-3-26-21(24-25(2)22(26)28)9-6-12-27-17-10-11-18(27)14-19(13-17)29-15-16-7-4-5-8-20(16)23/h4-5,7-8,17-19H,3,6,9-15H2,1-2H3. The molecule has 0 saturated carbocycles. The Bertz CT molecular complexity index is 879. The minimum Gasteiger partial charge on any atom is -0.373 e. The van der Waals surface area contributed by atoms with Crippen molar-refractivity contribution in [3.63, 3.8) is 0 Å². The average Bonchev–Trinajstić information content (AvgIpc) is 3.12. The highest BCUT2D eigenvalue weighted by Gasteiger charge is 2.40. The zero-order chi connectivity index (χ0) is 20.4. The summed E-state index contributed by atoms with van der Waals surface area (Å²) in [5.41, 5.74) is 0.606. The zero-order valence-electron chi connectivity index (χ0n) is 17.4. The number of fused-ring (bicyclic) bond motifs is 2. The number of hydrogen-bond donors (Lipinski definition) is 0. The van der Waals surface area contributed by atoms with E-state index in [1.165, 1.54) is 23.6 Å². The molecule has 2 fully saturated rings. The van der Waals surface area contributed by atoms with E-state index in [2.05, 4.69) is 10.00 Å². The van der Waals surface area contributed by atoms with Crippen LogP contribution in [0.3, 0.4) is 0 Å². The Morgan fingerprint density at radius 3 is 2.62 bits per heavy atom. The van der Waals surface area contributed by atoms with Gasteiger partial charge >= 0.3 is 5.69 Å². The number of rotatable bonds is 8. The van der Waals surface area contributed by atoms with Gasteiger partial charge in [0.15, 0.2) is 0 Å². The summed E-state index contributed by atoms with van der Waals surface area (Å²) in [4.78, 5) is 14.7. The fourth-order valence-corrected chi connectivity index (χ4v) is 5.03. The Morgan fingerprint density at radius 2 is 1.93 bits per heavy atom. The van der Waals surface area contributed by atoms with Crippen LogP contribution in [0, 0.1) is 5.82 Å². The van der Waals surface area contributed by atoms with Crippen LogP contribution in [-0.4, -0.2) is 44.0 Å². The number of hydrogen-bond acceptors (Lipinski definition) is 4. The second-order valence-corrected chi connectivity index (χ2v) is 8.29. The van der Waals surface area contributed by atoms with Crippen LogP contribution < -0.4 is 5.69 Å². The quantitative estimate of drug-likeness (QED) is 0.681. The van der Waals surface area contributed by atoms with Gasteiger partial charge in [0.1, 0.15) is 11.6 Å². The largest absolute Gasteiger partial charge is 0.373 e. The smallest absolute Gasteiger partial charge is 0.345 e. The van der Waals surface area contributed by atoms with Crippen LogP contribution in [0.5, 0.6) is 0 Å². The molecule has 2 aromatic rings. The highest BCUT2D eigenvalue weighted by Crippen LogP contribution is 2.37. The number of piperidine rings is 1. The average molecular weight is 403 g/mol. The van der Waals surface area contributed by atoms with Crippen LogP contribution in [0.4, 0.5) is 4.39 Å². The summed E-state index contributed by atoms with van der Waals surface area (Å²) in [6.45, 7) is 4.03. The molecular formula is C22H31FN4O2. The van der Waals surface area contributed by atoms with E-state index >= 15 is 0 Å². The molecule has 7 heteroatoms. The fourth-order valence-electron chi connectivity index (χ4n) is 5.03. The first-order valence-corrected chi connectivity index (χ1v) is 10.8. The van der Waals surface area contributed by atoms with Gasteiger partial charge < -0.3 is 4.74 Å². The van der Waals surface area contributed by atoms with Gasteiger partial charge in [-0.3, -0.25) is 9.47 Å². The van der Waals surface area contributed by atoms with Gasteiger partial charge in [0.25, 0.3) is 0 Å². The summed E-state index contributed by atoms with van der Waals surface area (Å²) in [5.74, 6) is 0.698. The van der Waals surface area contributed by atoms with Crippen molar-refractivity contribution < 1.29 is 9.13 Å². The Hall–Kier alpha value is -1.99. The minimum absolute atomic E-state index is 0.0321. The number of halogens is 1. The van der Waals surface area contributed by atoms with Crippen molar-refractivity contribution in [3.05, 3.63) is 52.0 Å². The molecule has 0 N–H and O–H groups in total. The van der Waals surface area contributed by atoms with E-state index in [0.717, 1.165) is 38.1 Å². The van der Waals surface area contributed by atoms with E-state index in [0.29, 0.717) is 30.8 Å². The first kappa shape index (κ1) is 20.3. The van der Waals surface area contributed by atoms with Gasteiger partial charge in [-0.2, -0.15) is 5.10 Å². The number of benzene rings is 1. The van der Waals surface area contributed by atoms with Crippen LogP contribution in [0.2, 0.25) is 0 Å². The Labute approximate surface area is 171 Å². The van der Waals surface area contributed by atoms with Crippen molar-refractivity contribution in [3.8, 4) is 0 Å². The molecule has 2 unspecified atom stereocenters. The molecule has 1 aromatic heterocycles. The van der Waals surface area contributed by atoms with Gasteiger partial charge in [0.05, 0.1) is 12.7 Å². The lowest BCUT2D eigenvalue weighted by Crippen LogP contribution is -2.45. The zero-order valence-corrected chi connectivity index (χ0v) is 17.4. The molecule has 158 valence electrons. The number of aromatic nitrogens is 3. The first-order valence-electron chi connectivity index (χ1n) is 10.8. The van der Waals surface area contributed by atoms with Crippen molar-refractivity contribution in [2.24, 2.45) is 7.05 Å². The molecule has 0 aliphatic carbocycles.